The quantitative estimate of drug-likeness (QED) is 0.548. The Balaban J connectivity index is 1.75. The number of carbonyl (C=O) groups excluding carboxylic acids is 1. The molecule has 0 aliphatic carbocycles. The van der Waals surface area contributed by atoms with Gasteiger partial charge >= 0.3 is 0 Å². The minimum atomic E-state index is -0.126. The first-order valence-electron chi connectivity index (χ1n) is 9.11. The molecule has 0 radical (unpaired) electrons. The first-order valence-corrected chi connectivity index (χ1v) is 9.11. The number of pyridine rings is 1. The smallest absolute Gasteiger partial charge is 0.252 e. The van der Waals surface area contributed by atoms with Crippen molar-refractivity contribution >= 4 is 16.8 Å². The normalized spacial score (nSPS) is 10.6. The zero-order valence-corrected chi connectivity index (χ0v) is 15.6. The lowest BCUT2D eigenvalue weighted by Gasteiger charge is -2.12. The standard InChI is InChI=1S/C24H20N2O2/c1-28-19-12-13-20-21(24(27)25-16-17-8-4-2-5-9-17)15-22(26-23(20)14-19)18-10-6-3-7-11-18/h2-15H,16H2,1H3,(H,25,27). The van der Waals surface area contributed by atoms with E-state index in [0.717, 1.165) is 27.7 Å². The van der Waals surface area contributed by atoms with E-state index in [1.807, 2.05) is 84.9 Å². The number of hydrogen-bond donors (Lipinski definition) is 1. The van der Waals surface area contributed by atoms with E-state index >= 15 is 0 Å². The molecule has 0 fully saturated rings. The van der Waals surface area contributed by atoms with Gasteiger partial charge in [-0.05, 0) is 23.8 Å². The van der Waals surface area contributed by atoms with Gasteiger partial charge in [-0.3, -0.25) is 4.79 Å². The van der Waals surface area contributed by atoms with Crippen molar-refractivity contribution < 1.29 is 9.53 Å². The lowest BCUT2D eigenvalue weighted by Crippen LogP contribution is -2.23. The fourth-order valence-electron chi connectivity index (χ4n) is 3.15. The van der Waals surface area contributed by atoms with Crippen molar-refractivity contribution in [2.75, 3.05) is 7.11 Å². The molecule has 1 aromatic heterocycles. The number of nitrogens with one attached hydrogen (secondary N) is 1. The van der Waals surface area contributed by atoms with Crippen molar-refractivity contribution in [3.05, 3.63) is 96.1 Å². The maximum absolute atomic E-state index is 13.0. The molecule has 0 bridgehead atoms. The van der Waals surface area contributed by atoms with Gasteiger partial charge in [-0.2, -0.15) is 0 Å². The number of benzene rings is 3. The lowest BCUT2D eigenvalue weighted by atomic mass is 10.0. The third-order valence-electron chi connectivity index (χ3n) is 4.63. The van der Waals surface area contributed by atoms with Gasteiger partial charge in [0.05, 0.1) is 23.9 Å². The molecule has 1 amide bonds. The summed E-state index contributed by atoms with van der Waals surface area (Å²) in [6, 6.07) is 27.2. The Kier molecular flexibility index (Phi) is 5.02. The van der Waals surface area contributed by atoms with Crippen LogP contribution in [0.2, 0.25) is 0 Å². The highest BCUT2D eigenvalue weighted by Gasteiger charge is 2.14. The lowest BCUT2D eigenvalue weighted by molar-refractivity contribution is 0.0952. The van der Waals surface area contributed by atoms with Crippen molar-refractivity contribution in [3.63, 3.8) is 0 Å². The minimum absolute atomic E-state index is 0.126. The first kappa shape index (κ1) is 17.7. The Morgan fingerprint density at radius 1 is 0.929 bits per heavy atom. The molecular weight excluding hydrogens is 348 g/mol. The molecule has 0 unspecified atom stereocenters. The highest BCUT2D eigenvalue weighted by atomic mass is 16.5. The third kappa shape index (κ3) is 3.71. The summed E-state index contributed by atoms with van der Waals surface area (Å²) in [5.74, 6) is 0.583. The van der Waals surface area contributed by atoms with Gasteiger partial charge in [0.15, 0.2) is 0 Å². The summed E-state index contributed by atoms with van der Waals surface area (Å²) in [5, 5.41) is 3.81. The number of aromatic nitrogens is 1. The van der Waals surface area contributed by atoms with Gasteiger partial charge in [0.1, 0.15) is 5.75 Å². The van der Waals surface area contributed by atoms with Crippen LogP contribution in [-0.4, -0.2) is 18.0 Å². The number of methoxy groups -OCH3 is 1. The molecule has 4 aromatic rings. The molecule has 1 heterocycles. The second-order valence-electron chi connectivity index (χ2n) is 6.47. The van der Waals surface area contributed by atoms with Crippen LogP contribution in [0, 0.1) is 0 Å². The monoisotopic (exact) mass is 368 g/mol. The fraction of sp³-hybridized carbons (Fsp3) is 0.0833. The van der Waals surface area contributed by atoms with Gasteiger partial charge in [-0.25, -0.2) is 4.98 Å². The number of fused-ring (bicyclic) bond motifs is 1. The van der Waals surface area contributed by atoms with Crippen molar-refractivity contribution in [1.29, 1.82) is 0 Å². The molecule has 138 valence electrons. The van der Waals surface area contributed by atoms with Crippen LogP contribution >= 0.6 is 0 Å². The predicted octanol–water partition coefficient (Wildman–Crippen LogP) is 4.84. The van der Waals surface area contributed by atoms with Gasteiger partial charge in [-0.1, -0.05) is 60.7 Å². The van der Waals surface area contributed by atoms with Gasteiger partial charge in [0.2, 0.25) is 0 Å². The molecule has 1 N–H and O–H groups in total. The van der Waals surface area contributed by atoms with Crippen molar-refractivity contribution in [1.82, 2.24) is 10.3 Å². The average Bonchev–Trinajstić information content (AvgIpc) is 2.77. The zero-order chi connectivity index (χ0) is 19.3. The summed E-state index contributed by atoms with van der Waals surface area (Å²) < 4.78 is 5.33. The summed E-state index contributed by atoms with van der Waals surface area (Å²) >= 11 is 0. The molecule has 0 aliphatic heterocycles. The van der Waals surface area contributed by atoms with E-state index in [-0.39, 0.29) is 5.91 Å². The summed E-state index contributed by atoms with van der Waals surface area (Å²) in [7, 11) is 1.62. The van der Waals surface area contributed by atoms with E-state index < -0.39 is 0 Å². The van der Waals surface area contributed by atoms with Crippen molar-refractivity contribution in [2.24, 2.45) is 0 Å². The number of carbonyl (C=O) groups is 1. The Labute approximate surface area is 163 Å². The van der Waals surface area contributed by atoms with E-state index in [1.54, 1.807) is 7.11 Å². The maximum Gasteiger partial charge on any atom is 0.252 e. The largest absolute Gasteiger partial charge is 0.497 e. The molecule has 0 saturated heterocycles. The minimum Gasteiger partial charge on any atom is -0.497 e. The summed E-state index contributed by atoms with van der Waals surface area (Å²) in [6.45, 7) is 0.473. The Hall–Kier alpha value is -3.66. The van der Waals surface area contributed by atoms with E-state index in [9.17, 15) is 4.79 Å². The average molecular weight is 368 g/mol. The van der Waals surface area contributed by atoms with Crippen LogP contribution in [0.5, 0.6) is 5.75 Å². The Morgan fingerprint density at radius 2 is 1.64 bits per heavy atom. The van der Waals surface area contributed by atoms with Crippen LogP contribution in [0.4, 0.5) is 0 Å². The number of nitrogens with zero attached hydrogens (tertiary/aromatic N) is 1. The molecule has 0 spiro atoms. The van der Waals surface area contributed by atoms with Crippen LogP contribution in [0.15, 0.2) is 84.9 Å². The molecule has 4 heteroatoms. The second-order valence-corrected chi connectivity index (χ2v) is 6.47. The van der Waals surface area contributed by atoms with E-state index in [0.29, 0.717) is 17.9 Å². The van der Waals surface area contributed by atoms with Gasteiger partial charge in [-0.15, -0.1) is 0 Å². The van der Waals surface area contributed by atoms with Crippen LogP contribution in [0.1, 0.15) is 15.9 Å². The summed E-state index contributed by atoms with van der Waals surface area (Å²) in [4.78, 5) is 17.8. The van der Waals surface area contributed by atoms with E-state index in [4.69, 9.17) is 9.72 Å². The maximum atomic E-state index is 13.0. The highest BCUT2D eigenvalue weighted by molar-refractivity contribution is 6.07. The number of ether oxygens (including phenoxy) is 1. The van der Waals surface area contributed by atoms with Crippen LogP contribution in [0.3, 0.4) is 0 Å². The number of rotatable bonds is 5. The van der Waals surface area contributed by atoms with Crippen LogP contribution in [0.25, 0.3) is 22.2 Å². The predicted molar refractivity (Wildman–Crippen MR) is 111 cm³/mol. The number of amides is 1. The van der Waals surface area contributed by atoms with Crippen molar-refractivity contribution in [2.45, 2.75) is 6.54 Å². The number of hydrogen-bond acceptors (Lipinski definition) is 3. The molecule has 0 aliphatic rings. The Morgan fingerprint density at radius 3 is 2.36 bits per heavy atom. The molecule has 4 rings (SSSR count). The van der Waals surface area contributed by atoms with Gasteiger partial charge in [0, 0.05) is 23.6 Å². The van der Waals surface area contributed by atoms with Gasteiger partial charge < -0.3 is 10.1 Å². The highest BCUT2D eigenvalue weighted by Crippen LogP contribution is 2.27. The van der Waals surface area contributed by atoms with Crippen LogP contribution < -0.4 is 10.1 Å². The van der Waals surface area contributed by atoms with E-state index in [1.165, 1.54) is 0 Å². The molecular formula is C24H20N2O2. The van der Waals surface area contributed by atoms with Gasteiger partial charge in [0.25, 0.3) is 5.91 Å². The molecule has 0 saturated carbocycles. The topological polar surface area (TPSA) is 51.2 Å². The summed E-state index contributed by atoms with van der Waals surface area (Å²) in [5.41, 5.74) is 4.10. The van der Waals surface area contributed by atoms with Crippen LogP contribution in [-0.2, 0) is 6.54 Å². The third-order valence-corrected chi connectivity index (χ3v) is 4.63. The first-order chi connectivity index (χ1) is 13.7. The summed E-state index contributed by atoms with van der Waals surface area (Å²) in [6.07, 6.45) is 0. The van der Waals surface area contributed by atoms with Crippen molar-refractivity contribution in [3.8, 4) is 17.0 Å². The molecule has 3 aromatic carbocycles. The van der Waals surface area contributed by atoms with E-state index in [2.05, 4.69) is 5.32 Å². The molecule has 4 nitrogen and oxygen atoms in total. The zero-order valence-electron chi connectivity index (χ0n) is 15.6. The molecule has 28 heavy (non-hydrogen) atoms. The second kappa shape index (κ2) is 7.92. The Bertz CT molecular complexity index is 1110. The fourth-order valence-corrected chi connectivity index (χ4v) is 3.15. The SMILES string of the molecule is COc1ccc2c(C(=O)NCc3ccccc3)cc(-c3ccccc3)nc2c1. The molecule has 0 atom stereocenters.